The molecule has 2 heterocycles. The number of fused-ring (bicyclic) bond motifs is 3. The summed E-state index contributed by atoms with van der Waals surface area (Å²) in [6, 6.07) is 4.27. The van der Waals surface area contributed by atoms with E-state index in [-0.39, 0.29) is 57.8 Å². The number of methoxy groups -OCH3 is 1. The summed E-state index contributed by atoms with van der Waals surface area (Å²) in [5.74, 6) is -3.05. The lowest BCUT2D eigenvalue weighted by molar-refractivity contribution is 0.144. The predicted molar refractivity (Wildman–Crippen MR) is 100 cm³/mol. The largest absolute Gasteiger partial charge is 0.508 e. The van der Waals surface area contributed by atoms with Gasteiger partial charge < -0.3 is 14.6 Å². The molecule has 4 aromatic rings. The highest BCUT2D eigenvalue weighted by Crippen LogP contribution is 2.40. The molecule has 4 rings (SSSR count). The number of pyridine rings is 1. The van der Waals surface area contributed by atoms with Crippen LogP contribution in [0.4, 0.5) is 13.2 Å². The Bertz CT molecular complexity index is 1240. The Labute approximate surface area is 162 Å². The molecule has 0 unspecified atom stereocenters. The molecule has 6 nitrogen and oxygen atoms in total. The van der Waals surface area contributed by atoms with E-state index in [2.05, 4.69) is 15.2 Å². The Balaban J connectivity index is 2.09. The van der Waals surface area contributed by atoms with Gasteiger partial charge in [0.25, 0.3) is 0 Å². The van der Waals surface area contributed by atoms with Gasteiger partial charge in [-0.3, -0.25) is 5.10 Å². The molecule has 0 aliphatic carbocycles. The zero-order valence-electron chi connectivity index (χ0n) is 15.5. The fraction of sp³-hybridized carbons (Fsp3) is 0.200. The van der Waals surface area contributed by atoms with Crippen molar-refractivity contribution in [2.75, 3.05) is 20.3 Å². The average molecular weight is 403 g/mol. The summed E-state index contributed by atoms with van der Waals surface area (Å²) in [6.07, 6.45) is 0. The molecule has 2 aromatic heterocycles. The number of rotatable bonds is 5. The van der Waals surface area contributed by atoms with Gasteiger partial charge in [0, 0.05) is 35.6 Å². The molecule has 2 aromatic carbocycles. The van der Waals surface area contributed by atoms with Crippen LogP contribution >= 0.6 is 0 Å². The number of phenols is 1. The average Bonchev–Trinajstić information content (AvgIpc) is 3.05. The van der Waals surface area contributed by atoms with Gasteiger partial charge in [-0.1, -0.05) is 0 Å². The Morgan fingerprint density at radius 1 is 1.03 bits per heavy atom. The van der Waals surface area contributed by atoms with Crippen molar-refractivity contribution in [1.29, 1.82) is 0 Å². The van der Waals surface area contributed by atoms with Gasteiger partial charge >= 0.3 is 0 Å². The molecular weight excluding hydrogens is 387 g/mol. The molecular formula is C20H16F3N3O3. The number of aromatic hydroxyl groups is 1. The minimum absolute atomic E-state index is 0.0242. The molecule has 0 bridgehead atoms. The standard InChI is InChI=1S/C20H16F3N3O3/c1-9-15-17-16(13(22)8-14(18(17)23)29-6-5-28-2)19(24-20(15)26-25-9)11-4-3-10(27)7-12(11)21/h3-4,7-8,27H,5-6H2,1-2H3,(H,24,25,26). The van der Waals surface area contributed by atoms with Gasteiger partial charge in [0.2, 0.25) is 0 Å². The van der Waals surface area contributed by atoms with Crippen LogP contribution in [0.5, 0.6) is 11.5 Å². The summed E-state index contributed by atoms with van der Waals surface area (Å²) in [5, 5.41) is 16.1. The van der Waals surface area contributed by atoms with Crippen LogP contribution in [0.15, 0.2) is 24.3 Å². The molecule has 0 atom stereocenters. The molecule has 29 heavy (non-hydrogen) atoms. The van der Waals surface area contributed by atoms with Gasteiger partial charge in [0.15, 0.2) is 17.2 Å². The number of aromatic amines is 1. The van der Waals surface area contributed by atoms with Crippen molar-refractivity contribution < 1.29 is 27.8 Å². The smallest absolute Gasteiger partial charge is 0.173 e. The normalized spacial score (nSPS) is 11.5. The van der Waals surface area contributed by atoms with Crippen LogP contribution in [-0.4, -0.2) is 40.6 Å². The minimum Gasteiger partial charge on any atom is -0.508 e. The van der Waals surface area contributed by atoms with Crippen molar-refractivity contribution in [3.05, 3.63) is 47.4 Å². The number of nitrogens with one attached hydrogen (secondary N) is 1. The van der Waals surface area contributed by atoms with Crippen LogP contribution < -0.4 is 4.74 Å². The SMILES string of the molecule is COCCOc1cc(F)c2c(-c3ccc(O)cc3F)nc3[nH]nc(C)c3c2c1F. The molecule has 0 amide bonds. The second-order valence-electron chi connectivity index (χ2n) is 6.42. The van der Waals surface area contributed by atoms with E-state index >= 15 is 8.78 Å². The Morgan fingerprint density at radius 2 is 1.83 bits per heavy atom. The first kappa shape index (κ1) is 19.0. The quantitative estimate of drug-likeness (QED) is 0.488. The summed E-state index contributed by atoms with van der Waals surface area (Å²) >= 11 is 0. The summed E-state index contributed by atoms with van der Waals surface area (Å²) in [4.78, 5) is 4.28. The van der Waals surface area contributed by atoms with Gasteiger partial charge in [0.1, 0.15) is 24.0 Å². The summed E-state index contributed by atoms with van der Waals surface area (Å²) in [6.45, 7) is 1.84. The number of H-pyrrole nitrogens is 1. The first-order chi connectivity index (χ1) is 13.9. The third-order valence-corrected chi connectivity index (χ3v) is 4.57. The molecule has 0 aliphatic heterocycles. The van der Waals surface area contributed by atoms with Crippen molar-refractivity contribution in [3.63, 3.8) is 0 Å². The van der Waals surface area contributed by atoms with Crippen LogP contribution in [0.1, 0.15) is 5.69 Å². The maximum atomic E-state index is 15.4. The van der Waals surface area contributed by atoms with Crippen molar-refractivity contribution in [1.82, 2.24) is 15.2 Å². The monoisotopic (exact) mass is 403 g/mol. The Hall–Kier alpha value is -3.33. The molecule has 0 saturated heterocycles. The number of benzene rings is 2. The zero-order chi connectivity index (χ0) is 20.7. The van der Waals surface area contributed by atoms with Gasteiger partial charge in [-0.2, -0.15) is 5.10 Å². The molecule has 9 heteroatoms. The van der Waals surface area contributed by atoms with E-state index in [1.54, 1.807) is 6.92 Å². The Morgan fingerprint density at radius 3 is 2.55 bits per heavy atom. The van der Waals surface area contributed by atoms with Crippen molar-refractivity contribution >= 4 is 21.8 Å². The number of phenolic OH excluding ortho intramolecular Hbond substituents is 1. The second kappa shape index (κ2) is 7.25. The highest BCUT2D eigenvalue weighted by Gasteiger charge is 2.24. The van der Waals surface area contributed by atoms with Crippen molar-refractivity contribution in [2.24, 2.45) is 0 Å². The number of hydrogen-bond acceptors (Lipinski definition) is 5. The first-order valence-electron chi connectivity index (χ1n) is 8.69. The lowest BCUT2D eigenvalue weighted by Gasteiger charge is -2.14. The van der Waals surface area contributed by atoms with Crippen LogP contribution in [0.3, 0.4) is 0 Å². The molecule has 0 spiro atoms. The Kier molecular flexibility index (Phi) is 4.75. The lowest BCUT2D eigenvalue weighted by Crippen LogP contribution is -2.06. The summed E-state index contributed by atoms with van der Waals surface area (Å²) in [5.41, 5.74) is 0.370. The maximum Gasteiger partial charge on any atom is 0.173 e. The number of aryl methyl sites for hydroxylation is 1. The van der Waals surface area contributed by atoms with Crippen molar-refractivity contribution in [3.8, 4) is 22.8 Å². The minimum atomic E-state index is -0.828. The topological polar surface area (TPSA) is 80.3 Å². The third kappa shape index (κ3) is 3.13. The van der Waals surface area contributed by atoms with Crippen LogP contribution in [-0.2, 0) is 4.74 Å². The molecule has 0 saturated carbocycles. The van der Waals surface area contributed by atoms with E-state index in [4.69, 9.17) is 9.47 Å². The van der Waals surface area contributed by atoms with Gasteiger partial charge in [0.05, 0.1) is 23.4 Å². The fourth-order valence-corrected chi connectivity index (χ4v) is 3.27. The first-order valence-corrected chi connectivity index (χ1v) is 8.69. The number of aromatic nitrogens is 3. The van der Waals surface area contributed by atoms with E-state index in [1.165, 1.54) is 19.2 Å². The molecule has 2 N–H and O–H groups in total. The molecule has 0 fully saturated rings. The van der Waals surface area contributed by atoms with E-state index in [1.807, 2.05) is 0 Å². The van der Waals surface area contributed by atoms with Gasteiger partial charge in [-0.25, -0.2) is 18.2 Å². The lowest BCUT2D eigenvalue weighted by atomic mass is 9.99. The molecule has 0 radical (unpaired) electrons. The highest BCUT2D eigenvalue weighted by molar-refractivity contribution is 6.12. The van der Waals surface area contributed by atoms with Crippen LogP contribution in [0.25, 0.3) is 33.1 Å². The zero-order valence-corrected chi connectivity index (χ0v) is 15.5. The second-order valence-corrected chi connectivity index (χ2v) is 6.42. The van der Waals surface area contributed by atoms with Crippen molar-refractivity contribution in [2.45, 2.75) is 6.92 Å². The van der Waals surface area contributed by atoms with E-state index in [0.29, 0.717) is 5.69 Å². The van der Waals surface area contributed by atoms with Gasteiger partial charge in [-0.15, -0.1) is 0 Å². The predicted octanol–water partition coefficient (Wildman–Crippen LogP) is 4.23. The van der Waals surface area contributed by atoms with Crippen LogP contribution in [0.2, 0.25) is 0 Å². The highest BCUT2D eigenvalue weighted by atomic mass is 19.1. The van der Waals surface area contributed by atoms with Gasteiger partial charge in [-0.05, 0) is 19.1 Å². The number of hydrogen-bond donors (Lipinski definition) is 2. The third-order valence-electron chi connectivity index (χ3n) is 4.57. The molecule has 0 aliphatic rings. The van der Waals surface area contributed by atoms with E-state index in [9.17, 15) is 9.50 Å². The number of nitrogens with zero attached hydrogens (tertiary/aromatic N) is 2. The van der Waals surface area contributed by atoms with Crippen LogP contribution in [0, 0.1) is 24.4 Å². The summed E-state index contributed by atoms with van der Waals surface area (Å²) in [7, 11) is 1.46. The van der Waals surface area contributed by atoms with E-state index < -0.39 is 17.5 Å². The number of halogens is 3. The molecule has 150 valence electrons. The fourth-order valence-electron chi connectivity index (χ4n) is 3.27. The maximum absolute atomic E-state index is 15.4. The summed E-state index contributed by atoms with van der Waals surface area (Å²) < 4.78 is 55.2. The number of ether oxygens (including phenoxy) is 2. The van der Waals surface area contributed by atoms with E-state index in [0.717, 1.165) is 12.1 Å².